The maximum atomic E-state index is 12.3. The SMILES string of the molecule is CCc1cc(CC)c(C2CCCCC2)c(-c2ccccc2C(=O)O)c1-c1ccccc1C(=O)O. The van der Waals surface area contributed by atoms with Crippen molar-refractivity contribution in [1.82, 2.24) is 0 Å². The van der Waals surface area contributed by atoms with Crippen molar-refractivity contribution in [2.45, 2.75) is 64.7 Å². The van der Waals surface area contributed by atoms with Gasteiger partial charge < -0.3 is 10.2 Å². The third-order valence-electron chi connectivity index (χ3n) is 7.16. The Morgan fingerprint density at radius 2 is 1.24 bits per heavy atom. The molecule has 0 amide bonds. The van der Waals surface area contributed by atoms with E-state index in [4.69, 9.17) is 0 Å². The minimum atomic E-state index is -0.978. The van der Waals surface area contributed by atoms with Crippen LogP contribution in [0, 0.1) is 0 Å². The van der Waals surface area contributed by atoms with Gasteiger partial charge in [-0.3, -0.25) is 0 Å². The first kappa shape index (κ1) is 23.7. The predicted molar refractivity (Wildman–Crippen MR) is 136 cm³/mol. The monoisotopic (exact) mass is 456 g/mol. The molecule has 0 unspecified atom stereocenters. The summed E-state index contributed by atoms with van der Waals surface area (Å²) in [4.78, 5) is 24.6. The summed E-state index contributed by atoms with van der Waals surface area (Å²) in [6.45, 7) is 4.23. The minimum absolute atomic E-state index is 0.241. The normalized spacial score (nSPS) is 14.2. The highest BCUT2D eigenvalue weighted by atomic mass is 16.4. The zero-order valence-electron chi connectivity index (χ0n) is 19.9. The lowest BCUT2D eigenvalue weighted by Crippen LogP contribution is -2.13. The van der Waals surface area contributed by atoms with Gasteiger partial charge in [-0.1, -0.05) is 75.6 Å². The number of benzene rings is 3. The predicted octanol–water partition coefficient (Wildman–Crippen LogP) is 7.59. The minimum Gasteiger partial charge on any atom is -0.478 e. The van der Waals surface area contributed by atoms with Crippen LogP contribution in [0.2, 0.25) is 0 Å². The molecular weight excluding hydrogens is 424 g/mol. The van der Waals surface area contributed by atoms with Gasteiger partial charge in [0.05, 0.1) is 11.1 Å². The molecule has 4 heteroatoms. The number of hydrogen-bond donors (Lipinski definition) is 2. The number of aryl methyl sites for hydroxylation is 2. The number of carboxylic acids is 2. The first-order valence-corrected chi connectivity index (χ1v) is 12.3. The number of hydrogen-bond acceptors (Lipinski definition) is 2. The van der Waals surface area contributed by atoms with E-state index in [2.05, 4.69) is 19.9 Å². The number of aromatic carboxylic acids is 2. The number of carboxylic acid groups (broad SMARTS) is 2. The van der Waals surface area contributed by atoms with Gasteiger partial charge in [-0.25, -0.2) is 9.59 Å². The fourth-order valence-corrected chi connectivity index (χ4v) is 5.61. The van der Waals surface area contributed by atoms with Crippen molar-refractivity contribution in [2.75, 3.05) is 0 Å². The van der Waals surface area contributed by atoms with E-state index < -0.39 is 11.9 Å². The summed E-state index contributed by atoms with van der Waals surface area (Å²) >= 11 is 0. The molecule has 0 heterocycles. The van der Waals surface area contributed by atoms with Crippen molar-refractivity contribution in [3.63, 3.8) is 0 Å². The first-order chi connectivity index (χ1) is 16.5. The van der Waals surface area contributed by atoms with Crippen molar-refractivity contribution in [3.8, 4) is 22.3 Å². The van der Waals surface area contributed by atoms with Crippen LogP contribution in [0.3, 0.4) is 0 Å². The van der Waals surface area contributed by atoms with Crippen molar-refractivity contribution >= 4 is 11.9 Å². The van der Waals surface area contributed by atoms with Crippen molar-refractivity contribution in [3.05, 3.63) is 82.4 Å². The Morgan fingerprint density at radius 1 is 0.735 bits per heavy atom. The lowest BCUT2D eigenvalue weighted by atomic mass is 9.73. The quantitative estimate of drug-likeness (QED) is 0.384. The second kappa shape index (κ2) is 10.3. The van der Waals surface area contributed by atoms with Gasteiger partial charge in [0.25, 0.3) is 0 Å². The summed E-state index contributed by atoms with van der Waals surface area (Å²) in [5, 5.41) is 20.1. The topological polar surface area (TPSA) is 74.6 Å². The Morgan fingerprint density at radius 3 is 1.74 bits per heavy atom. The van der Waals surface area contributed by atoms with E-state index in [0.717, 1.165) is 55.2 Å². The largest absolute Gasteiger partial charge is 0.478 e. The molecule has 176 valence electrons. The fourth-order valence-electron chi connectivity index (χ4n) is 5.61. The Labute approximate surface area is 201 Å². The van der Waals surface area contributed by atoms with Crippen LogP contribution in [0.5, 0.6) is 0 Å². The van der Waals surface area contributed by atoms with Gasteiger partial charge in [-0.05, 0) is 82.7 Å². The van der Waals surface area contributed by atoms with Gasteiger partial charge in [0.15, 0.2) is 0 Å². The highest BCUT2D eigenvalue weighted by molar-refractivity contribution is 6.04. The van der Waals surface area contributed by atoms with Crippen LogP contribution in [0.15, 0.2) is 54.6 Å². The standard InChI is InChI=1S/C30H32O4/c1-3-19-18-20(4-2)27(22-14-8-10-16-24(22)29(31)32)28(26(19)21-12-6-5-7-13-21)23-15-9-11-17-25(23)30(33)34/h8-11,14-18,21H,3-7,12-13H2,1-2H3,(H,31,32)(H,33,34). The molecule has 0 spiro atoms. The maximum absolute atomic E-state index is 12.3. The van der Waals surface area contributed by atoms with Crippen LogP contribution in [-0.2, 0) is 12.8 Å². The average Bonchev–Trinajstić information content (AvgIpc) is 2.87. The molecule has 4 rings (SSSR count). The van der Waals surface area contributed by atoms with Crippen molar-refractivity contribution in [1.29, 1.82) is 0 Å². The zero-order chi connectivity index (χ0) is 24.2. The second-order valence-electron chi connectivity index (χ2n) is 9.10. The smallest absolute Gasteiger partial charge is 0.336 e. The molecule has 1 saturated carbocycles. The van der Waals surface area contributed by atoms with E-state index in [1.54, 1.807) is 24.3 Å². The summed E-state index contributed by atoms with van der Waals surface area (Å²) in [7, 11) is 0. The van der Waals surface area contributed by atoms with Gasteiger partial charge in [0, 0.05) is 0 Å². The second-order valence-corrected chi connectivity index (χ2v) is 9.10. The van der Waals surface area contributed by atoms with Gasteiger partial charge in [-0.15, -0.1) is 0 Å². The third-order valence-corrected chi connectivity index (χ3v) is 7.16. The van der Waals surface area contributed by atoms with Crippen LogP contribution in [-0.4, -0.2) is 22.2 Å². The Hall–Kier alpha value is -3.40. The first-order valence-electron chi connectivity index (χ1n) is 12.3. The summed E-state index contributed by atoms with van der Waals surface area (Å²) in [6, 6.07) is 16.5. The molecule has 0 bridgehead atoms. The molecule has 0 aromatic heterocycles. The van der Waals surface area contributed by atoms with Gasteiger partial charge in [0.1, 0.15) is 0 Å². The number of rotatable bonds is 7. The number of carbonyl (C=O) groups is 2. The molecule has 0 atom stereocenters. The van der Waals surface area contributed by atoms with E-state index in [1.165, 1.54) is 17.5 Å². The molecule has 1 aliphatic rings. The molecule has 0 saturated heterocycles. The average molecular weight is 457 g/mol. The fraction of sp³-hybridized carbons (Fsp3) is 0.333. The summed E-state index contributed by atoms with van der Waals surface area (Å²) in [5.74, 6) is -1.61. The van der Waals surface area contributed by atoms with Crippen LogP contribution < -0.4 is 0 Å². The lowest BCUT2D eigenvalue weighted by Gasteiger charge is -2.31. The Balaban J connectivity index is 2.20. The van der Waals surface area contributed by atoms with Crippen LogP contribution >= 0.6 is 0 Å². The molecule has 4 nitrogen and oxygen atoms in total. The summed E-state index contributed by atoms with van der Waals surface area (Å²) in [5.41, 5.74) is 7.12. The summed E-state index contributed by atoms with van der Waals surface area (Å²) < 4.78 is 0. The van der Waals surface area contributed by atoms with E-state index in [-0.39, 0.29) is 11.1 Å². The maximum Gasteiger partial charge on any atom is 0.336 e. The Kier molecular flexibility index (Phi) is 7.16. The molecule has 3 aromatic rings. The molecule has 3 aromatic carbocycles. The lowest BCUT2D eigenvalue weighted by molar-refractivity contribution is 0.0686. The molecule has 0 aliphatic heterocycles. The van der Waals surface area contributed by atoms with Gasteiger partial charge in [-0.2, -0.15) is 0 Å². The third kappa shape index (κ3) is 4.37. The van der Waals surface area contributed by atoms with Crippen LogP contribution in [0.1, 0.15) is 89.3 Å². The highest BCUT2D eigenvalue weighted by Gasteiger charge is 2.29. The summed E-state index contributed by atoms with van der Waals surface area (Å²) in [6.07, 6.45) is 7.25. The van der Waals surface area contributed by atoms with Crippen molar-refractivity contribution in [2.24, 2.45) is 0 Å². The van der Waals surface area contributed by atoms with E-state index in [9.17, 15) is 19.8 Å². The van der Waals surface area contributed by atoms with E-state index >= 15 is 0 Å². The van der Waals surface area contributed by atoms with Crippen LogP contribution in [0.25, 0.3) is 22.3 Å². The molecule has 1 aliphatic carbocycles. The van der Waals surface area contributed by atoms with Gasteiger partial charge >= 0.3 is 11.9 Å². The van der Waals surface area contributed by atoms with Crippen molar-refractivity contribution < 1.29 is 19.8 Å². The van der Waals surface area contributed by atoms with E-state index in [1.807, 2.05) is 24.3 Å². The van der Waals surface area contributed by atoms with Crippen LogP contribution in [0.4, 0.5) is 0 Å². The van der Waals surface area contributed by atoms with Gasteiger partial charge in [0.2, 0.25) is 0 Å². The molecular formula is C30H32O4. The zero-order valence-corrected chi connectivity index (χ0v) is 19.9. The molecule has 34 heavy (non-hydrogen) atoms. The van der Waals surface area contributed by atoms with E-state index in [0.29, 0.717) is 17.0 Å². The molecule has 0 radical (unpaired) electrons. The highest BCUT2D eigenvalue weighted by Crippen LogP contribution is 2.48. The molecule has 1 fully saturated rings. The molecule has 2 N–H and O–H groups in total. The Bertz CT molecular complexity index is 1220.